The van der Waals surface area contributed by atoms with Gasteiger partial charge in [0, 0.05) is 31.3 Å². The monoisotopic (exact) mass is 335 g/mol. The maximum absolute atomic E-state index is 12.3. The molecule has 7 heteroatoms. The third-order valence-corrected chi connectivity index (χ3v) is 4.89. The highest BCUT2D eigenvalue weighted by Crippen LogP contribution is 2.19. The van der Waals surface area contributed by atoms with E-state index < -0.39 is 0 Å². The lowest BCUT2D eigenvalue weighted by Gasteiger charge is -2.33. The number of piperidine rings is 1. The minimum Gasteiger partial charge on any atom is -0.356 e. The first-order valence-corrected chi connectivity index (χ1v) is 8.75. The van der Waals surface area contributed by atoms with Crippen molar-refractivity contribution in [3.05, 3.63) is 0 Å². The van der Waals surface area contributed by atoms with Crippen molar-refractivity contribution in [2.24, 2.45) is 5.92 Å². The molecule has 0 spiro atoms. The van der Waals surface area contributed by atoms with Crippen LogP contribution < -0.4 is 10.6 Å². The normalized spacial score (nSPS) is 25.3. The molecule has 0 aromatic heterocycles. The van der Waals surface area contributed by atoms with Gasteiger partial charge in [-0.05, 0) is 19.3 Å². The van der Waals surface area contributed by atoms with Gasteiger partial charge in [-0.25, -0.2) is 0 Å². The van der Waals surface area contributed by atoms with Gasteiger partial charge in [0.05, 0.1) is 12.0 Å². The highest BCUT2D eigenvalue weighted by atomic mass is 35.5. The topological polar surface area (TPSA) is 61.4 Å². The van der Waals surface area contributed by atoms with Gasteiger partial charge in [-0.15, -0.1) is 24.2 Å². The van der Waals surface area contributed by atoms with Crippen molar-refractivity contribution in [3.8, 4) is 0 Å². The average Bonchev–Trinajstić information content (AvgIpc) is 3.01. The first kappa shape index (κ1) is 18.6. The Labute approximate surface area is 137 Å². The first-order valence-electron chi connectivity index (χ1n) is 7.60. The maximum Gasteiger partial charge on any atom is 0.240 e. The molecule has 0 bridgehead atoms. The Kier molecular flexibility index (Phi) is 8.44. The molecule has 0 aliphatic carbocycles. The fourth-order valence-corrected chi connectivity index (χ4v) is 3.63. The van der Waals surface area contributed by atoms with E-state index in [-0.39, 0.29) is 36.2 Å². The van der Waals surface area contributed by atoms with Crippen molar-refractivity contribution < 1.29 is 9.59 Å². The van der Waals surface area contributed by atoms with Crippen LogP contribution in [0.5, 0.6) is 0 Å². The zero-order valence-corrected chi connectivity index (χ0v) is 14.2. The van der Waals surface area contributed by atoms with Gasteiger partial charge in [-0.2, -0.15) is 0 Å². The third-order valence-electron chi connectivity index (χ3n) is 3.95. The number of unbranched alkanes of at least 4 members (excludes halogenated alkanes) is 1. The molecule has 2 aliphatic heterocycles. The molecule has 2 unspecified atom stereocenters. The molecule has 2 rings (SSSR count). The molecule has 2 atom stereocenters. The van der Waals surface area contributed by atoms with Gasteiger partial charge in [-0.3, -0.25) is 14.9 Å². The van der Waals surface area contributed by atoms with Crippen LogP contribution >= 0.6 is 24.2 Å². The largest absolute Gasteiger partial charge is 0.356 e. The number of carbonyl (C=O) groups is 2. The summed E-state index contributed by atoms with van der Waals surface area (Å²) in [6.07, 6.45) is 3.93. The Hall–Kier alpha value is -0.460. The van der Waals surface area contributed by atoms with E-state index in [1.165, 1.54) is 0 Å². The number of rotatable bonds is 5. The summed E-state index contributed by atoms with van der Waals surface area (Å²) in [7, 11) is 0. The SMILES string of the molecule is CCCCNC(=O)C1CCCN(C(=O)C2CSCN2)C1.Cl. The molecular weight excluding hydrogens is 310 g/mol. The van der Waals surface area contributed by atoms with Crippen LogP contribution in [0.4, 0.5) is 0 Å². The van der Waals surface area contributed by atoms with E-state index in [4.69, 9.17) is 0 Å². The molecule has 0 aromatic rings. The van der Waals surface area contributed by atoms with Gasteiger partial charge >= 0.3 is 0 Å². The van der Waals surface area contributed by atoms with Gasteiger partial charge in [0.25, 0.3) is 0 Å². The van der Waals surface area contributed by atoms with Crippen LogP contribution in [0.15, 0.2) is 0 Å². The van der Waals surface area contributed by atoms with E-state index in [1.807, 2.05) is 4.90 Å². The Morgan fingerprint density at radius 1 is 1.43 bits per heavy atom. The summed E-state index contributed by atoms with van der Waals surface area (Å²) in [4.78, 5) is 26.3. The lowest BCUT2D eigenvalue weighted by molar-refractivity contribution is -0.136. The fraction of sp³-hybridized carbons (Fsp3) is 0.857. The molecule has 21 heavy (non-hydrogen) atoms. The molecule has 2 saturated heterocycles. The van der Waals surface area contributed by atoms with Crippen LogP contribution in [0.25, 0.3) is 0 Å². The smallest absolute Gasteiger partial charge is 0.240 e. The van der Waals surface area contributed by atoms with Crippen LogP contribution in [-0.2, 0) is 9.59 Å². The minimum absolute atomic E-state index is 0. The third kappa shape index (κ3) is 5.34. The van der Waals surface area contributed by atoms with Gasteiger partial charge in [-0.1, -0.05) is 13.3 Å². The van der Waals surface area contributed by atoms with Crippen LogP contribution in [-0.4, -0.2) is 54.0 Å². The summed E-state index contributed by atoms with van der Waals surface area (Å²) in [6.45, 7) is 4.24. The Morgan fingerprint density at radius 2 is 2.24 bits per heavy atom. The summed E-state index contributed by atoms with van der Waals surface area (Å²) in [5, 5.41) is 6.20. The molecule has 0 radical (unpaired) electrons. The van der Waals surface area contributed by atoms with Crippen LogP contribution in [0.2, 0.25) is 0 Å². The predicted octanol–water partition coefficient (Wildman–Crippen LogP) is 1.23. The van der Waals surface area contributed by atoms with E-state index in [9.17, 15) is 9.59 Å². The average molecular weight is 336 g/mol. The zero-order chi connectivity index (χ0) is 14.4. The van der Waals surface area contributed by atoms with Gasteiger partial charge in [0.2, 0.25) is 11.8 Å². The van der Waals surface area contributed by atoms with Crippen molar-refractivity contribution in [1.82, 2.24) is 15.5 Å². The predicted molar refractivity (Wildman–Crippen MR) is 88.7 cm³/mol. The molecule has 2 fully saturated rings. The summed E-state index contributed by atoms with van der Waals surface area (Å²) in [5.41, 5.74) is 0. The number of nitrogens with one attached hydrogen (secondary N) is 2. The number of nitrogens with zero attached hydrogens (tertiary/aromatic N) is 1. The minimum atomic E-state index is -0.0538. The maximum atomic E-state index is 12.3. The van der Waals surface area contributed by atoms with E-state index in [0.717, 1.165) is 50.4 Å². The second-order valence-corrected chi connectivity index (χ2v) is 6.57. The second kappa shape index (κ2) is 9.54. The van der Waals surface area contributed by atoms with E-state index >= 15 is 0 Å². The van der Waals surface area contributed by atoms with Gasteiger partial charge in [0.1, 0.15) is 0 Å². The molecule has 2 amide bonds. The van der Waals surface area contributed by atoms with Crippen molar-refractivity contribution in [3.63, 3.8) is 0 Å². The molecule has 2 aliphatic rings. The number of thioether (sulfide) groups is 1. The van der Waals surface area contributed by atoms with E-state index in [0.29, 0.717) is 6.54 Å². The molecule has 2 heterocycles. The molecule has 0 saturated carbocycles. The summed E-state index contributed by atoms with van der Waals surface area (Å²) in [5.74, 6) is 1.96. The highest BCUT2D eigenvalue weighted by molar-refractivity contribution is 7.99. The molecule has 5 nitrogen and oxygen atoms in total. The highest BCUT2D eigenvalue weighted by Gasteiger charge is 2.32. The second-order valence-electron chi connectivity index (χ2n) is 5.54. The Bertz CT molecular complexity index is 351. The van der Waals surface area contributed by atoms with Crippen LogP contribution in [0, 0.1) is 5.92 Å². The summed E-state index contributed by atoms with van der Waals surface area (Å²) < 4.78 is 0. The van der Waals surface area contributed by atoms with Crippen molar-refractivity contribution in [2.45, 2.75) is 38.6 Å². The molecular formula is C14H26ClN3O2S. The molecule has 122 valence electrons. The fourth-order valence-electron chi connectivity index (χ4n) is 2.70. The molecule has 2 N–H and O–H groups in total. The van der Waals surface area contributed by atoms with Gasteiger partial charge in [0.15, 0.2) is 0 Å². The van der Waals surface area contributed by atoms with Crippen LogP contribution in [0.1, 0.15) is 32.6 Å². The summed E-state index contributed by atoms with van der Waals surface area (Å²) in [6, 6.07) is -0.0538. The Balaban J connectivity index is 0.00000220. The number of hydrogen-bond donors (Lipinski definition) is 2. The number of carbonyl (C=O) groups excluding carboxylic acids is 2. The van der Waals surface area contributed by atoms with E-state index in [1.54, 1.807) is 11.8 Å². The van der Waals surface area contributed by atoms with Crippen molar-refractivity contribution in [2.75, 3.05) is 31.3 Å². The Morgan fingerprint density at radius 3 is 2.90 bits per heavy atom. The summed E-state index contributed by atoms with van der Waals surface area (Å²) >= 11 is 1.76. The number of hydrogen-bond acceptors (Lipinski definition) is 4. The standard InChI is InChI=1S/C14H25N3O2S.ClH/c1-2-3-6-15-13(18)11-5-4-7-17(8-11)14(19)12-9-20-10-16-12;/h11-12,16H,2-10H2,1H3,(H,15,18);1H. The van der Waals surface area contributed by atoms with E-state index in [2.05, 4.69) is 17.6 Å². The van der Waals surface area contributed by atoms with Crippen molar-refractivity contribution in [1.29, 1.82) is 0 Å². The number of amides is 2. The number of likely N-dealkylation sites (tertiary alicyclic amines) is 1. The zero-order valence-electron chi connectivity index (χ0n) is 12.6. The van der Waals surface area contributed by atoms with Crippen molar-refractivity contribution >= 4 is 36.0 Å². The lowest BCUT2D eigenvalue weighted by atomic mass is 9.96. The lowest BCUT2D eigenvalue weighted by Crippen LogP contribution is -2.51. The number of halogens is 1. The van der Waals surface area contributed by atoms with Gasteiger partial charge < -0.3 is 10.2 Å². The quantitative estimate of drug-likeness (QED) is 0.742. The molecule has 0 aromatic carbocycles. The first-order chi connectivity index (χ1) is 9.72. The van der Waals surface area contributed by atoms with Crippen LogP contribution in [0.3, 0.4) is 0 Å².